The molecule has 1 heterocycles. The van der Waals surface area contributed by atoms with Gasteiger partial charge in [-0.2, -0.15) is 0 Å². The van der Waals surface area contributed by atoms with Crippen LogP contribution in [0.25, 0.3) is 22.6 Å². The maximum atomic E-state index is 5.84. The summed E-state index contributed by atoms with van der Waals surface area (Å²) in [6.07, 6.45) is 0. The quantitative estimate of drug-likeness (QED) is 0.692. The highest BCUT2D eigenvalue weighted by molar-refractivity contribution is 9.10. The minimum absolute atomic E-state index is 0.588. The minimum atomic E-state index is 0.588. The maximum Gasteiger partial charge on any atom is 0.227 e. The van der Waals surface area contributed by atoms with Crippen LogP contribution in [0.1, 0.15) is 0 Å². The van der Waals surface area contributed by atoms with Crippen molar-refractivity contribution < 1.29 is 4.42 Å². The highest BCUT2D eigenvalue weighted by Gasteiger charge is 2.08. The summed E-state index contributed by atoms with van der Waals surface area (Å²) >= 11 is 3.36. The van der Waals surface area contributed by atoms with Gasteiger partial charge in [-0.05, 0) is 46.3 Å². The van der Waals surface area contributed by atoms with Crippen LogP contribution in [0.5, 0.6) is 0 Å². The number of fused-ring (bicyclic) bond motifs is 1. The molecule has 0 aliphatic carbocycles. The number of hydrogen-bond acceptors (Lipinski definition) is 3. The number of halogens is 1. The Hall–Kier alpha value is -1.81. The molecule has 2 aromatic carbocycles. The zero-order chi connectivity index (χ0) is 11.8. The number of rotatable bonds is 1. The van der Waals surface area contributed by atoms with Gasteiger partial charge < -0.3 is 10.2 Å². The Morgan fingerprint density at radius 1 is 1.12 bits per heavy atom. The lowest BCUT2D eigenvalue weighted by Crippen LogP contribution is -1.87. The highest BCUT2D eigenvalue weighted by Crippen LogP contribution is 2.28. The van der Waals surface area contributed by atoms with Gasteiger partial charge >= 0.3 is 0 Å². The Kier molecular flexibility index (Phi) is 2.37. The maximum absolute atomic E-state index is 5.84. The number of anilines is 1. The summed E-state index contributed by atoms with van der Waals surface area (Å²) in [7, 11) is 0. The smallest absolute Gasteiger partial charge is 0.227 e. The third kappa shape index (κ3) is 1.80. The molecule has 0 amide bonds. The molecule has 0 atom stereocenters. The fraction of sp³-hybridized carbons (Fsp3) is 0. The molecule has 0 radical (unpaired) electrons. The van der Waals surface area contributed by atoms with E-state index in [0.717, 1.165) is 21.1 Å². The molecule has 4 heteroatoms. The van der Waals surface area contributed by atoms with Crippen molar-refractivity contribution in [2.75, 3.05) is 5.73 Å². The Morgan fingerprint density at radius 2 is 1.94 bits per heavy atom. The first kappa shape index (κ1) is 10.4. The van der Waals surface area contributed by atoms with Crippen LogP contribution in [0.2, 0.25) is 0 Å². The molecule has 3 aromatic rings. The van der Waals surface area contributed by atoms with Crippen molar-refractivity contribution in [3.63, 3.8) is 0 Å². The second-order valence-electron chi connectivity index (χ2n) is 3.72. The summed E-state index contributed by atoms with van der Waals surface area (Å²) in [5.74, 6) is 0.588. The van der Waals surface area contributed by atoms with Crippen LogP contribution in [0.15, 0.2) is 51.4 Å². The van der Waals surface area contributed by atoms with Gasteiger partial charge in [0.05, 0.1) is 0 Å². The molecule has 2 N–H and O–H groups in total. The molecular formula is C13H9BrN2O. The van der Waals surface area contributed by atoms with E-state index in [2.05, 4.69) is 20.9 Å². The number of nitrogens with two attached hydrogens (primary N) is 1. The number of hydrogen-bond donors (Lipinski definition) is 1. The molecule has 0 bridgehead atoms. The molecule has 0 unspecified atom stereocenters. The van der Waals surface area contributed by atoms with Crippen molar-refractivity contribution in [3.05, 3.63) is 46.9 Å². The first-order valence-electron chi connectivity index (χ1n) is 5.15. The predicted octanol–water partition coefficient (Wildman–Crippen LogP) is 3.84. The first-order valence-corrected chi connectivity index (χ1v) is 5.94. The average molecular weight is 289 g/mol. The van der Waals surface area contributed by atoms with Crippen molar-refractivity contribution in [2.24, 2.45) is 0 Å². The Labute approximate surface area is 106 Å². The van der Waals surface area contributed by atoms with Crippen molar-refractivity contribution >= 4 is 32.7 Å². The fourth-order valence-corrected chi connectivity index (χ4v) is 1.92. The number of oxazole rings is 1. The summed E-state index contributed by atoms with van der Waals surface area (Å²) in [6.45, 7) is 0. The lowest BCUT2D eigenvalue weighted by Gasteiger charge is -1.99. The summed E-state index contributed by atoms with van der Waals surface area (Å²) < 4.78 is 6.54. The van der Waals surface area contributed by atoms with Crippen LogP contribution >= 0.6 is 15.9 Å². The van der Waals surface area contributed by atoms with Crippen LogP contribution in [0.4, 0.5) is 5.69 Å². The van der Waals surface area contributed by atoms with Gasteiger partial charge in [0.15, 0.2) is 5.58 Å². The largest absolute Gasteiger partial charge is 0.436 e. The first-order chi connectivity index (χ1) is 8.24. The highest BCUT2D eigenvalue weighted by atomic mass is 79.9. The van der Waals surface area contributed by atoms with E-state index >= 15 is 0 Å². The van der Waals surface area contributed by atoms with Crippen molar-refractivity contribution in [1.29, 1.82) is 0 Å². The zero-order valence-electron chi connectivity index (χ0n) is 8.85. The van der Waals surface area contributed by atoms with E-state index in [4.69, 9.17) is 10.2 Å². The van der Waals surface area contributed by atoms with Crippen LogP contribution in [-0.2, 0) is 0 Å². The molecule has 0 aliphatic rings. The van der Waals surface area contributed by atoms with Gasteiger partial charge in [0.25, 0.3) is 0 Å². The van der Waals surface area contributed by atoms with Crippen LogP contribution in [0.3, 0.4) is 0 Å². The predicted molar refractivity (Wildman–Crippen MR) is 71.6 cm³/mol. The summed E-state index contributed by atoms with van der Waals surface area (Å²) in [5.41, 5.74) is 9.02. The lowest BCUT2D eigenvalue weighted by molar-refractivity contribution is 0.620. The second kappa shape index (κ2) is 3.89. The normalized spacial score (nSPS) is 10.9. The molecule has 0 saturated carbocycles. The van der Waals surface area contributed by atoms with Crippen LogP contribution < -0.4 is 5.73 Å². The number of nitrogen functional groups attached to an aromatic ring is 1. The van der Waals surface area contributed by atoms with E-state index in [1.807, 2.05) is 42.5 Å². The van der Waals surface area contributed by atoms with E-state index < -0.39 is 0 Å². The second-order valence-corrected chi connectivity index (χ2v) is 4.58. The number of aromatic nitrogens is 1. The van der Waals surface area contributed by atoms with Crippen molar-refractivity contribution in [1.82, 2.24) is 4.98 Å². The van der Waals surface area contributed by atoms with Gasteiger partial charge in [-0.1, -0.05) is 12.1 Å². The number of benzene rings is 2. The fourth-order valence-electron chi connectivity index (χ4n) is 1.67. The SMILES string of the molecule is Nc1cc(-c2nc3ccccc3o2)ccc1Br. The number of para-hydroxylation sites is 2. The van der Waals surface area contributed by atoms with Crippen molar-refractivity contribution in [3.8, 4) is 11.5 Å². The lowest BCUT2D eigenvalue weighted by atomic mass is 10.2. The molecule has 3 rings (SSSR count). The third-order valence-electron chi connectivity index (χ3n) is 2.54. The summed E-state index contributed by atoms with van der Waals surface area (Å²) in [4.78, 5) is 4.42. The molecule has 0 saturated heterocycles. The van der Waals surface area contributed by atoms with Gasteiger partial charge in [0.2, 0.25) is 5.89 Å². The van der Waals surface area contributed by atoms with E-state index in [1.54, 1.807) is 0 Å². The van der Waals surface area contributed by atoms with Crippen LogP contribution in [0, 0.1) is 0 Å². The Bertz CT molecular complexity index is 658. The standard InChI is InChI=1S/C13H9BrN2O/c14-9-6-5-8(7-10(9)15)13-16-11-3-1-2-4-12(11)17-13/h1-7H,15H2. The molecule has 17 heavy (non-hydrogen) atoms. The van der Waals surface area contributed by atoms with Gasteiger partial charge in [-0.25, -0.2) is 4.98 Å². The van der Waals surface area contributed by atoms with Crippen LogP contribution in [-0.4, -0.2) is 4.98 Å². The van der Waals surface area contributed by atoms with Gasteiger partial charge in [-0.3, -0.25) is 0 Å². The molecule has 3 nitrogen and oxygen atoms in total. The minimum Gasteiger partial charge on any atom is -0.436 e. The summed E-state index contributed by atoms with van der Waals surface area (Å²) in [6, 6.07) is 13.3. The van der Waals surface area contributed by atoms with Gasteiger partial charge in [-0.15, -0.1) is 0 Å². The Morgan fingerprint density at radius 3 is 2.71 bits per heavy atom. The number of nitrogens with zero attached hydrogens (tertiary/aromatic N) is 1. The third-order valence-corrected chi connectivity index (χ3v) is 3.26. The Balaban J connectivity index is 2.17. The van der Waals surface area contributed by atoms with Crippen molar-refractivity contribution in [2.45, 2.75) is 0 Å². The van der Waals surface area contributed by atoms with Gasteiger partial charge in [0, 0.05) is 15.7 Å². The molecule has 0 spiro atoms. The molecule has 0 fully saturated rings. The average Bonchev–Trinajstić information content (AvgIpc) is 2.76. The molecule has 0 aliphatic heterocycles. The summed E-state index contributed by atoms with van der Waals surface area (Å²) in [5, 5.41) is 0. The molecule has 1 aromatic heterocycles. The van der Waals surface area contributed by atoms with E-state index in [9.17, 15) is 0 Å². The van der Waals surface area contributed by atoms with E-state index in [1.165, 1.54) is 0 Å². The van der Waals surface area contributed by atoms with E-state index in [-0.39, 0.29) is 0 Å². The topological polar surface area (TPSA) is 52.0 Å². The molecule has 84 valence electrons. The molecular weight excluding hydrogens is 280 g/mol. The van der Waals surface area contributed by atoms with Gasteiger partial charge in [0.1, 0.15) is 5.52 Å². The monoisotopic (exact) mass is 288 g/mol. The zero-order valence-corrected chi connectivity index (χ0v) is 10.4. The van der Waals surface area contributed by atoms with E-state index in [0.29, 0.717) is 11.6 Å².